The Hall–Kier alpha value is -2.28. The van der Waals surface area contributed by atoms with E-state index < -0.39 is 0 Å². The summed E-state index contributed by atoms with van der Waals surface area (Å²) in [7, 11) is 3.30. The number of guanidine groups is 1. The second-order valence-electron chi connectivity index (χ2n) is 5.95. The van der Waals surface area contributed by atoms with Crippen LogP contribution in [0.5, 0.6) is 11.5 Å². The number of rotatable bonds is 10. The standard InChI is InChI=1S/C20H30N4O2S/c1-5-16-14-24-19(27-16)10-12-23-20(21-6-2)22-11-9-15-7-8-17(25-3)18(13-15)26-4/h7-8,13-14H,5-6,9-12H2,1-4H3,(H2,21,22,23). The molecule has 0 unspecified atom stereocenters. The summed E-state index contributed by atoms with van der Waals surface area (Å²) in [6, 6.07) is 6.01. The third-order valence-corrected chi connectivity index (χ3v) is 5.25. The molecular formula is C20H30N4O2S. The van der Waals surface area contributed by atoms with Gasteiger partial charge in [0.2, 0.25) is 0 Å². The molecule has 148 valence electrons. The Kier molecular flexibility index (Phi) is 8.91. The highest BCUT2D eigenvalue weighted by Crippen LogP contribution is 2.27. The molecule has 0 amide bonds. The van der Waals surface area contributed by atoms with Crippen LogP contribution < -0.4 is 20.1 Å². The maximum absolute atomic E-state index is 5.36. The molecule has 0 aliphatic carbocycles. The Bertz CT molecular complexity index is 731. The van der Waals surface area contributed by atoms with Gasteiger partial charge in [-0.05, 0) is 37.5 Å². The largest absolute Gasteiger partial charge is 0.493 e. The average Bonchev–Trinajstić information content (AvgIpc) is 3.15. The number of hydrogen-bond donors (Lipinski definition) is 2. The first-order valence-corrected chi connectivity index (χ1v) is 10.2. The lowest BCUT2D eigenvalue weighted by Crippen LogP contribution is -2.38. The van der Waals surface area contributed by atoms with Gasteiger partial charge in [0.05, 0.1) is 19.2 Å². The number of nitrogens with one attached hydrogen (secondary N) is 2. The first kappa shape index (κ1) is 21.0. The van der Waals surface area contributed by atoms with Crippen molar-refractivity contribution >= 4 is 17.3 Å². The van der Waals surface area contributed by atoms with Gasteiger partial charge in [-0.1, -0.05) is 13.0 Å². The van der Waals surface area contributed by atoms with Crippen molar-refractivity contribution in [3.8, 4) is 11.5 Å². The monoisotopic (exact) mass is 390 g/mol. The van der Waals surface area contributed by atoms with E-state index in [2.05, 4.69) is 40.5 Å². The van der Waals surface area contributed by atoms with E-state index in [1.165, 1.54) is 10.4 Å². The van der Waals surface area contributed by atoms with Gasteiger partial charge in [-0.25, -0.2) is 4.98 Å². The van der Waals surface area contributed by atoms with Gasteiger partial charge in [-0.2, -0.15) is 0 Å². The van der Waals surface area contributed by atoms with Crippen molar-refractivity contribution in [1.82, 2.24) is 15.6 Å². The van der Waals surface area contributed by atoms with Crippen LogP contribution in [0.1, 0.15) is 29.3 Å². The molecule has 0 aliphatic heterocycles. The van der Waals surface area contributed by atoms with Crippen LogP contribution in [0, 0.1) is 0 Å². The minimum Gasteiger partial charge on any atom is -0.493 e. The summed E-state index contributed by atoms with van der Waals surface area (Å²) in [6.45, 7) is 6.57. The summed E-state index contributed by atoms with van der Waals surface area (Å²) < 4.78 is 10.6. The van der Waals surface area contributed by atoms with Gasteiger partial charge < -0.3 is 20.1 Å². The van der Waals surface area contributed by atoms with Crippen LogP contribution in [0.25, 0.3) is 0 Å². The van der Waals surface area contributed by atoms with E-state index in [0.29, 0.717) is 0 Å². The van der Waals surface area contributed by atoms with Crippen molar-refractivity contribution in [1.29, 1.82) is 0 Å². The Labute approximate surface area is 166 Å². The van der Waals surface area contributed by atoms with Crippen LogP contribution in [0.4, 0.5) is 0 Å². The zero-order valence-corrected chi connectivity index (χ0v) is 17.5. The fourth-order valence-electron chi connectivity index (χ4n) is 2.59. The van der Waals surface area contributed by atoms with Crippen molar-refractivity contribution in [3.05, 3.63) is 39.8 Å². The van der Waals surface area contributed by atoms with E-state index in [9.17, 15) is 0 Å². The molecule has 0 saturated heterocycles. The summed E-state index contributed by atoms with van der Waals surface area (Å²) in [6.07, 6.45) is 4.76. The molecule has 0 radical (unpaired) electrons. The van der Waals surface area contributed by atoms with E-state index in [1.54, 1.807) is 25.6 Å². The third-order valence-electron chi connectivity index (χ3n) is 4.04. The minimum atomic E-state index is 0.725. The van der Waals surface area contributed by atoms with Crippen LogP contribution in [0.2, 0.25) is 0 Å². The minimum absolute atomic E-state index is 0.725. The van der Waals surface area contributed by atoms with Crippen LogP contribution in [0.3, 0.4) is 0 Å². The van der Waals surface area contributed by atoms with E-state index in [0.717, 1.165) is 61.4 Å². The fourth-order valence-corrected chi connectivity index (χ4v) is 3.44. The molecule has 0 spiro atoms. The van der Waals surface area contributed by atoms with Crippen LogP contribution in [-0.2, 0) is 19.3 Å². The van der Waals surface area contributed by atoms with Gasteiger partial charge in [0.25, 0.3) is 0 Å². The maximum atomic E-state index is 5.36. The van der Waals surface area contributed by atoms with Crippen molar-refractivity contribution in [3.63, 3.8) is 0 Å². The van der Waals surface area contributed by atoms with Gasteiger partial charge in [0.1, 0.15) is 0 Å². The quantitative estimate of drug-likeness (QED) is 0.482. The van der Waals surface area contributed by atoms with E-state index >= 15 is 0 Å². The average molecular weight is 391 g/mol. The Morgan fingerprint density at radius 3 is 2.59 bits per heavy atom. The number of aliphatic imine (C=N–C) groups is 1. The molecular weight excluding hydrogens is 360 g/mol. The van der Waals surface area contributed by atoms with Crippen LogP contribution in [0.15, 0.2) is 29.4 Å². The van der Waals surface area contributed by atoms with Gasteiger partial charge in [-0.15, -0.1) is 11.3 Å². The summed E-state index contributed by atoms with van der Waals surface area (Å²) in [5.74, 6) is 2.34. The molecule has 6 nitrogen and oxygen atoms in total. The molecule has 2 N–H and O–H groups in total. The molecule has 1 aromatic carbocycles. The normalized spacial score (nSPS) is 11.3. The lowest BCUT2D eigenvalue weighted by atomic mass is 10.1. The third kappa shape index (κ3) is 6.75. The first-order chi connectivity index (χ1) is 13.2. The topological polar surface area (TPSA) is 67.8 Å². The van der Waals surface area contributed by atoms with Gasteiger partial charge in [0.15, 0.2) is 17.5 Å². The molecule has 1 aromatic heterocycles. The second kappa shape index (κ2) is 11.4. The number of benzene rings is 1. The van der Waals surface area contributed by atoms with Crippen molar-refractivity contribution in [2.75, 3.05) is 33.9 Å². The summed E-state index contributed by atoms with van der Waals surface area (Å²) in [5.41, 5.74) is 1.19. The predicted molar refractivity (Wildman–Crippen MR) is 112 cm³/mol. The first-order valence-electron chi connectivity index (χ1n) is 9.36. The molecule has 0 atom stereocenters. The Balaban J connectivity index is 1.84. The Morgan fingerprint density at radius 2 is 1.93 bits per heavy atom. The molecule has 27 heavy (non-hydrogen) atoms. The SMILES string of the molecule is CCNC(=NCCc1ncc(CC)s1)NCCc1ccc(OC)c(OC)c1. The number of aromatic nitrogens is 1. The highest BCUT2D eigenvalue weighted by molar-refractivity contribution is 7.11. The van der Waals surface area contributed by atoms with E-state index in [1.807, 2.05) is 18.3 Å². The number of ether oxygens (including phenoxy) is 2. The van der Waals surface area contributed by atoms with Gasteiger partial charge in [0, 0.05) is 37.1 Å². The zero-order valence-electron chi connectivity index (χ0n) is 16.7. The number of methoxy groups -OCH3 is 2. The molecule has 0 fully saturated rings. The summed E-state index contributed by atoms with van der Waals surface area (Å²) in [4.78, 5) is 10.4. The smallest absolute Gasteiger partial charge is 0.191 e. The molecule has 7 heteroatoms. The molecule has 2 aromatic rings. The zero-order chi connectivity index (χ0) is 19.5. The molecule has 0 bridgehead atoms. The molecule has 0 saturated carbocycles. The number of aryl methyl sites for hydroxylation is 1. The summed E-state index contributed by atoms with van der Waals surface area (Å²) >= 11 is 1.78. The number of thiazole rings is 1. The summed E-state index contributed by atoms with van der Waals surface area (Å²) in [5, 5.41) is 7.83. The van der Waals surface area contributed by atoms with Crippen molar-refractivity contribution < 1.29 is 9.47 Å². The highest BCUT2D eigenvalue weighted by atomic mass is 32.1. The predicted octanol–water partition coefficient (Wildman–Crippen LogP) is 3.06. The van der Waals surface area contributed by atoms with E-state index in [-0.39, 0.29) is 0 Å². The van der Waals surface area contributed by atoms with Crippen LogP contribution in [-0.4, -0.2) is 44.8 Å². The number of hydrogen-bond acceptors (Lipinski definition) is 5. The second-order valence-corrected chi connectivity index (χ2v) is 7.15. The van der Waals surface area contributed by atoms with Gasteiger partial charge >= 0.3 is 0 Å². The van der Waals surface area contributed by atoms with Crippen LogP contribution >= 0.6 is 11.3 Å². The number of nitrogens with zero attached hydrogens (tertiary/aromatic N) is 2. The molecule has 2 rings (SSSR count). The lowest BCUT2D eigenvalue weighted by molar-refractivity contribution is 0.354. The van der Waals surface area contributed by atoms with Crippen molar-refractivity contribution in [2.24, 2.45) is 4.99 Å². The molecule has 0 aliphatic rings. The fraction of sp³-hybridized carbons (Fsp3) is 0.500. The molecule has 1 heterocycles. The van der Waals surface area contributed by atoms with E-state index in [4.69, 9.17) is 9.47 Å². The van der Waals surface area contributed by atoms with Gasteiger partial charge in [-0.3, -0.25) is 4.99 Å². The highest BCUT2D eigenvalue weighted by Gasteiger charge is 2.05. The maximum Gasteiger partial charge on any atom is 0.191 e. The van der Waals surface area contributed by atoms with Crippen molar-refractivity contribution in [2.45, 2.75) is 33.1 Å². The Morgan fingerprint density at radius 1 is 1.11 bits per heavy atom. The lowest BCUT2D eigenvalue weighted by Gasteiger charge is -2.12.